The Morgan fingerprint density at radius 1 is 1.04 bits per heavy atom. The van der Waals surface area contributed by atoms with Gasteiger partial charge in [-0.2, -0.15) is 4.98 Å². The molecule has 3 rings (SSSR count). The fraction of sp³-hybridized carbons (Fsp3) is 0.412. The number of likely N-dealkylation sites (N-methyl/N-ethyl adjacent to an activating group) is 1. The molecule has 0 aliphatic carbocycles. The number of rotatable bonds is 4. The molecule has 1 aliphatic rings. The number of hydrogen-bond acceptors (Lipinski definition) is 6. The molecule has 0 spiro atoms. The Bertz CT molecular complexity index is 830. The predicted molar refractivity (Wildman–Crippen MR) is 98.5 cm³/mol. The zero-order chi connectivity index (χ0) is 18.0. The van der Waals surface area contributed by atoms with Crippen molar-refractivity contribution in [3.05, 3.63) is 42.1 Å². The van der Waals surface area contributed by atoms with Gasteiger partial charge in [-0.1, -0.05) is 17.7 Å². The van der Waals surface area contributed by atoms with E-state index in [1.807, 2.05) is 6.92 Å². The SMILES string of the molecule is Cc1ccc(S(=O)(=O)N(C)c2ccnc(N3CCN(C)CC3)n2)cc1. The van der Waals surface area contributed by atoms with Crippen LogP contribution in [0.5, 0.6) is 0 Å². The van der Waals surface area contributed by atoms with Gasteiger partial charge in [0.1, 0.15) is 5.82 Å². The Morgan fingerprint density at radius 3 is 2.32 bits per heavy atom. The first-order valence-electron chi connectivity index (χ1n) is 8.20. The second kappa shape index (κ2) is 6.97. The Morgan fingerprint density at radius 2 is 1.68 bits per heavy atom. The van der Waals surface area contributed by atoms with Crippen LogP contribution in [0.2, 0.25) is 0 Å². The van der Waals surface area contributed by atoms with E-state index in [9.17, 15) is 8.42 Å². The van der Waals surface area contributed by atoms with Crippen LogP contribution in [0, 0.1) is 6.92 Å². The van der Waals surface area contributed by atoms with Gasteiger partial charge in [-0.15, -0.1) is 0 Å². The van der Waals surface area contributed by atoms with Gasteiger partial charge in [0, 0.05) is 45.5 Å². The average Bonchev–Trinajstić information content (AvgIpc) is 2.62. The largest absolute Gasteiger partial charge is 0.338 e. The lowest BCUT2D eigenvalue weighted by Gasteiger charge is -2.32. The second-order valence-electron chi connectivity index (χ2n) is 6.29. The van der Waals surface area contributed by atoms with Crippen LogP contribution in [0.15, 0.2) is 41.4 Å². The number of aromatic nitrogens is 2. The van der Waals surface area contributed by atoms with Crippen molar-refractivity contribution >= 4 is 21.8 Å². The molecule has 1 fully saturated rings. The fourth-order valence-corrected chi connectivity index (χ4v) is 3.81. The van der Waals surface area contributed by atoms with E-state index in [4.69, 9.17) is 0 Å². The number of anilines is 2. The van der Waals surface area contributed by atoms with Crippen molar-refractivity contribution in [2.75, 3.05) is 49.5 Å². The Labute approximate surface area is 149 Å². The van der Waals surface area contributed by atoms with Crippen LogP contribution < -0.4 is 9.21 Å². The zero-order valence-corrected chi connectivity index (χ0v) is 15.6. The third-order valence-electron chi connectivity index (χ3n) is 4.42. The Balaban J connectivity index is 1.86. The van der Waals surface area contributed by atoms with Gasteiger partial charge in [0.2, 0.25) is 5.95 Å². The molecule has 0 atom stereocenters. The first-order chi connectivity index (χ1) is 11.9. The molecule has 2 aromatic rings. The smallest absolute Gasteiger partial charge is 0.265 e. The Kier molecular flexibility index (Phi) is 4.91. The molecule has 2 heterocycles. The molecule has 0 unspecified atom stereocenters. The second-order valence-corrected chi connectivity index (χ2v) is 8.26. The maximum Gasteiger partial charge on any atom is 0.265 e. The van der Waals surface area contributed by atoms with Gasteiger partial charge in [0.25, 0.3) is 10.0 Å². The maximum absolute atomic E-state index is 12.8. The molecule has 8 heteroatoms. The molecule has 0 saturated carbocycles. The van der Waals surface area contributed by atoms with Gasteiger partial charge < -0.3 is 9.80 Å². The Hall–Kier alpha value is -2.19. The van der Waals surface area contributed by atoms with Crippen molar-refractivity contribution in [3.63, 3.8) is 0 Å². The van der Waals surface area contributed by atoms with Crippen LogP contribution in [0.3, 0.4) is 0 Å². The van der Waals surface area contributed by atoms with E-state index in [2.05, 4.69) is 26.8 Å². The van der Waals surface area contributed by atoms with E-state index < -0.39 is 10.0 Å². The van der Waals surface area contributed by atoms with Gasteiger partial charge in [0.05, 0.1) is 4.90 Å². The molecule has 0 N–H and O–H groups in total. The lowest BCUT2D eigenvalue weighted by atomic mass is 10.2. The van der Waals surface area contributed by atoms with Crippen molar-refractivity contribution in [2.45, 2.75) is 11.8 Å². The summed E-state index contributed by atoms with van der Waals surface area (Å²) in [5.74, 6) is 0.932. The fourth-order valence-electron chi connectivity index (χ4n) is 2.66. The molecule has 1 aliphatic heterocycles. The molecule has 1 saturated heterocycles. The van der Waals surface area contributed by atoms with E-state index in [1.54, 1.807) is 36.5 Å². The molecule has 7 nitrogen and oxygen atoms in total. The summed E-state index contributed by atoms with van der Waals surface area (Å²) in [7, 11) is -0.0497. The van der Waals surface area contributed by atoms with E-state index in [-0.39, 0.29) is 4.90 Å². The normalized spacial score (nSPS) is 16.0. The molecule has 134 valence electrons. The highest BCUT2D eigenvalue weighted by molar-refractivity contribution is 7.92. The molecular formula is C17H23N5O2S. The molecule has 0 bridgehead atoms. The van der Waals surface area contributed by atoms with Crippen LogP contribution in [0.4, 0.5) is 11.8 Å². The standard InChI is InChI=1S/C17H23N5O2S/c1-14-4-6-15(7-5-14)25(23,24)21(3)16-8-9-18-17(19-16)22-12-10-20(2)11-13-22/h4-9H,10-13H2,1-3H3. The van der Waals surface area contributed by atoms with Gasteiger partial charge >= 0.3 is 0 Å². The minimum Gasteiger partial charge on any atom is -0.338 e. The van der Waals surface area contributed by atoms with E-state index in [0.29, 0.717) is 11.8 Å². The summed E-state index contributed by atoms with van der Waals surface area (Å²) in [4.78, 5) is 13.4. The summed E-state index contributed by atoms with van der Waals surface area (Å²) in [6.45, 7) is 5.45. The number of sulfonamides is 1. The van der Waals surface area contributed by atoms with E-state index >= 15 is 0 Å². The summed E-state index contributed by atoms with van der Waals surface area (Å²) < 4.78 is 26.8. The monoisotopic (exact) mass is 361 g/mol. The third kappa shape index (κ3) is 3.74. The number of piperazine rings is 1. The van der Waals surface area contributed by atoms with Crippen LogP contribution in [0.1, 0.15) is 5.56 Å². The van der Waals surface area contributed by atoms with E-state index in [1.165, 1.54) is 11.4 Å². The average molecular weight is 361 g/mol. The van der Waals surface area contributed by atoms with Gasteiger partial charge in [0.15, 0.2) is 0 Å². The molecular weight excluding hydrogens is 338 g/mol. The quantitative estimate of drug-likeness (QED) is 0.819. The van der Waals surface area contributed by atoms with Crippen molar-refractivity contribution < 1.29 is 8.42 Å². The van der Waals surface area contributed by atoms with Crippen LogP contribution in [-0.2, 0) is 10.0 Å². The highest BCUT2D eigenvalue weighted by atomic mass is 32.2. The van der Waals surface area contributed by atoms with Crippen molar-refractivity contribution in [1.29, 1.82) is 0 Å². The summed E-state index contributed by atoms with van der Waals surface area (Å²) in [5, 5.41) is 0. The summed E-state index contributed by atoms with van der Waals surface area (Å²) in [6.07, 6.45) is 1.61. The van der Waals surface area contributed by atoms with E-state index in [0.717, 1.165) is 31.7 Å². The summed E-state index contributed by atoms with van der Waals surface area (Å²) in [6, 6.07) is 8.42. The number of hydrogen-bond donors (Lipinski definition) is 0. The minimum absolute atomic E-state index is 0.250. The van der Waals surface area contributed by atoms with Crippen LogP contribution in [-0.4, -0.2) is 63.6 Å². The molecule has 1 aromatic carbocycles. The third-order valence-corrected chi connectivity index (χ3v) is 6.19. The lowest BCUT2D eigenvalue weighted by Crippen LogP contribution is -2.45. The number of nitrogens with zero attached hydrogens (tertiary/aromatic N) is 5. The van der Waals surface area contributed by atoms with Crippen molar-refractivity contribution in [1.82, 2.24) is 14.9 Å². The van der Waals surface area contributed by atoms with Gasteiger partial charge in [-0.05, 0) is 26.1 Å². The highest BCUT2D eigenvalue weighted by Crippen LogP contribution is 2.22. The first kappa shape index (κ1) is 17.6. The summed E-state index contributed by atoms with van der Waals surface area (Å²) >= 11 is 0. The van der Waals surface area contributed by atoms with Gasteiger partial charge in [-0.25, -0.2) is 13.4 Å². The lowest BCUT2D eigenvalue weighted by molar-refractivity contribution is 0.311. The number of aryl methyl sites for hydroxylation is 1. The molecule has 1 aromatic heterocycles. The maximum atomic E-state index is 12.8. The summed E-state index contributed by atoms with van der Waals surface area (Å²) in [5.41, 5.74) is 1.01. The minimum atomic E-state index is -3.65. The van der Waals surface area contributed by atoms with Gasteiger partial charge in [-0.3, -0.25) is 4.31 Å². The first-order valence-corrected chi connectivity index (χ1v) is 9.64. The highest BCUT2D eigenvalue weighted by Gasteiger charge is 2.24. The predicted octanol–water partition coefficient (Wildman–Crippen LogP) is 1.36. The van der Waals surface area contributed by atoms with Crippen molar-refractivity contribution in [3.8, 4) is 0 Å². The molecule has 25 heavy (non-hydrogen) atoms. The van der Waals surface area contributed by atoms with Crippen LogP contribution in [0.25, 0.3) is 0 Å². The molecule has 0 amide bonds. The van der Waals surface area contributed by atoms with Crippen molar-refractivity contribution in [2.24, 2.45) is 0 Å². The number of benzene rings is 1. The zero-order valence-electron chi connectivity index (χ0n) is 14.8. The topological polar surface area (TPSA) is 69.6 Å². The molecule has 0 radical (unpaired) electrons. The van der Waals surface area contributed by atoms with Crippen LogP contribution >= 0.6 is 0 Å².